The Bertz CT molecular complexity index is 1600. The Kier molecular flexibility index (Phi) is 7.28. The fourth-order valence-corrected chi connectivity index (χ4v) is 5.64. The molecule has 3 aromatic carbocycles. The molecule has 0 atom stereocenters. The fraction of sp³-hybridized carbons (Fsp3) is 0.286. The summed E-state index contributed by atoms with van der Waals surface area (Å²) in [6, 6.07) is 11.1. The van der Waals surface area contributed by atoms with Gasteiger partial charge in [0.1, 0.15) is 10.7 Å². The van der Waals surface area contributed by atoms with E-state index in [0.29, 0.717) is 5.92 Å². The molecular weight excluding hydrogens is 539 g/mol. The van der Waals surface area contributed by atoms with Crippen LogP contribution < -0.4 is 26.2 Å². The molecule has 0 saturated heterocycles. The number of carbonyl (C=O) groups is 2. The number of anilines is 3. The van der Waals surface area contributed by atoms with Crippen molar-refractivity contribution in [1.29, 1.82) is 0 Å². The van der Waals surface area contributed by atoms with Crippen molar-refractivity contribution in [3.63, 3.8) is 0 Å². The summed E-state index contributed by atoms with van der Waals surface area (Å²) >= 11 is 0. The van der Waals surface area contributed by atoms with Crippen LogP contribution in [0, 0.1) is 5.82 Å². The molecule has 2 fully saturated rings. The van der Waals surface area contributed by atoms with E-state index in [-0.39, 0.29) is 56.5 Å². The zero-order valence-corrected chi connectivity index (χ0v) is 22.3. The molecule has 0 aromatic heterocycles. The van der Waals surface area contributed by atoms with E-state index in [1.807, 2.05) is 0 Å². The van der Waals surface area contributed by atoms with Gasteiger partial charge in [0, 0.05) is 23.2 Å². The van der Waals surface area contributed by atoms with Gasteiger partial charge < -0.3 is 26.6 Å². The Hall–Kier alpha value is -4.32. The summed E-state index contributed by atoms with van der Waals surface area (Å²) in [5.41, 5.74) is 13.1. The van der Waals surface area contributed by atoms with E-state index in [1.54, 1.807) is 12.1 Å². The van der Waals surface area contributed by atoms with E-state index in [2.05, 4.69) is 10.0 Å². The fourth-order valence-electron chi connectivity index (χ4n) is 4.47. The van der Waals surface area contributed by atoms with E-state index in [4.69, 9.17) is 21.3 Å². The van der Waals surface area contributed by atoms with Crippen LogP contribution in [-0.2, 0) is 21.2 Å². The van der Waals surface area contributed by atoms with Crippen LogP contribution in [0.3, 0.4) is 0 Å². The number of carboxylic acids is 1. The molecule has 0 bridgehead atoms. The van der Waals surface area contributed by atoms with E-state index in [1.165, 1.54) is 24.3 Å². The smallest absolute Gasteiger partial charge is 0.307 e. The number of hydrogen-bond acceptors (Lipinski definition) is 7. The molecule has 2 saturated carbocycles. The van der Waals surface area contributed by atoms with Crippen LogP contribution in [0.4, 0.5) is 21.5 Å². The summed E-state index contributed by atoms with van der Waals surface area (Å²) in [5.74, 6) is -2.31. The molecule has 0 aliphatic heterocycles. The average Bonchev–Trinajstić information content (AvgIpc) is 3.70. The molecule has 5 rings (SSSR count). The highest BCUT2D eigenvalue weighted by molar-refractivity contribution is 7.92. The molecule has 1 amide bonds. The van der Waals surface area contributed by atoms with Crippen LogP contribution in [0.1, 0.15) is 59.5 Å². The maximum Gasteiger partial charge on any atom is 0.307 e. The van der Waals surface area contributed by atoms with Crippen molar-refractivity contribution in [2.75, 3.05) is 16.2 Å². The van der Waals surface area contributed by atoms with Gasteiger partial charge in [0.25, 0.3) is 15.9 Å². The van der Waals surface area contributed by atoms with E-state index < -0.39 is 28.2 Å². The van der Waals surface area contributed by atoms with Gasteiger partial charge in [-0.3, -0.25) is 14.3 Å². The van der Waals surface area contributed by atoms with E-state index in [0.717, 1.165) is 49.8 Å². The van der Waals surface area contributed by atoms with Crippen molar-refractivity contribution in [3.05, 3.63) is 71.0 Å². The molecule has 2 aliphatic carbocycles. The summed E-state index contributed by atoms with van der Waals surface area (Å²) in [6.45, 7) is 0. The first-order chi connectivity index (χ1) is 19.0. The van der Waals surface area contributed by atoms with Crippen molar-refractivity contribution in [3.8, 4) is 11.5 Å². The molecule has 10 nitrogen and oxygen atoms in total. The Morgan fingerprint density at radius 3 is 2.35 bits per heavy atom. The third-order valence-electron chi connectivity index (χ3n) is 7.04. The highest BCUT2D eigenvalue weighted by Crippen LogP contribution is 2.42. The van der Waals surface area contributed by atoms with Crippen molar-refractivity contribution < 1.29 is 32.2 Å². The highest BCUT2D eigenvalue weighted by atomic mass is 32.2. The zero-order chi connectivity index (χ0) is 28.6. The largest absolute Gasteiger partial charge is 0.481 e. The van der Waals surface area contributed by atoms with Crippen LogP contribution in [0.2, 0.25) is 0 Å². The number of carboxylic acid groups (broad SMARTS) is 1. The zero-order valence-electron chi connectivity index (χ0n) is 21.4. The molecule has 12 heteroatoms. The number of ether oxygens (including phenoxy) is 1. The Morgan fingerprint density at radius 2 is 1.73 bits per heavy atom. The second-order valence-electron chi connectivity index (χ2n) is 10.1. The normalized spacial score (nSPS) is 15.2. The molecule has 40 heavy (non-hydrogen) atoms. The number of nitrogen functional groups attached to an aromatic ring is 2. The van der Waals surface area contributed by atoms with Crippen LogP contribution in [0.25, 0.3) is 0 Å². The van der Waals surface area contributed by atoms with E-state index >= 15 is 0 Å². The molecular formula is C28H29FN4O6S. The SMILES string of the molecule is Nc1cc(CC(=O)O)c(F)cc1Oc1ccc(C(=O)NC2CCC2)cc1NS(=O)(=O)c1ccc(C2CC2)cc1N. The quantitative estimate of drug-likeness (QED) is 0.224. The van der Waals surface area contributed by atoms with Gasteiger partial charge in [-0.25, -0.2) is 12.8 Å². The standard InChI is InChI=1S/C28H29FN4O6S/c29-20-14-25(21(30)11-18(20)13-27(34)35)39-24-8-6-17(28(36)32-19-2-1-3-19)12-23(24)33-40(37,38)26-9-7-16(10-22(26)31)15-4-5-15/h6-12,14-15,19,33H,1-5,13,30-31H2,(H,32,36)(H,34,35). The number of amides is 1. The number of nitrogens with two attached hydrogens (primary N) is 2. The lowest BCUT2D eigenvalue weighted by Crippen LogP contribution is -2.39. The summed E-state index contributed by atoms with van der Waals surface area (Å²) in [5, 5.41) is 11.9. The molecule has 3 aromatic rings. The van der Waals surface area contributed by atoms with Gasteiger partial charge in [0.05, 0.1) is 23.5 Å². The number of nitrogens with one attached hydrogen (secondary N) is 2. The number of benzene rings is 3. The Morgan fingerprint density at radius 1 is 0.975 bits per heavy atom. The van der Waals surface area contributed by atoms with Gasteiger partial charge in [-0.05, 0) is 80.0 Å². The lowest BCUT2D eigenvalue weighted by atomic mass is 9.93. The lowest BCUT2D eigenvalue weighted by Gasteiger charge is -2.26. The molecule has 2 aliphatic rings. The van der Waals surface area contributed by atoms with Gasteiger partial charge in [-0.1, -0.05) is 6.07 Å². The van der Waals surface area contributed by atoms with Crippen molar-refractivity contribution in [1.82, 2.24) is 5.32 Å². The van der Waals surface area contributed by atoms with Gasteiger partial charge in [-0.15, -0.1) is 0 Å². The highest BCUT2D eigenvalue weighted by Gasteiger charge is 2.27. The number of hydrogen-bond donors (Lipinski definition) is 5. The van der Waals surface area contributed by atoms with Crippen LogP contribution in [0.5, 0.6) is 11.5 Å². The minimum Gasteiger partial charge on any atom is -0.481 e. The second-order valence-corrected chi connectivity index (χ2v) is 11.8. The summed E-state index contributed by atoms with van der Waals surface area (Å²) < 4.78 is 49.7. The molecule has 210 valence electrons. The molecule has 0 heterocycles. The molecule has 7 N–H and O–H groups in total. The average molecular weight is 569 g/mol. The Balaban J connectivity index is 1.48. The number of carbonyl (C=O) groups excluding carboxylic acids is 1. The van der Waals surface area contributed by atoms with Gasteiger partial charge >= 0.3 is 5.97 Å². The first-order valence-electron chi connectivity index (χ1n) is 12.8. The number of aliphatic carboxylic acids is 1. The maximum absolute atomic E-state index is 14.6. The lowest BCUT2D eigenvalue weighted by molar-refractivity contribution is -0.136. The topological polar surface area (TPSA) is 174 Å². The third-order valence-corrected chi connectivity index (χ3v) is 8.48. The van der Waals surface area contributed by atoms with E-state index in [9.17, 15) is 22.4 Å². The maximum atomic E-state index is 14.6. The number of rotatable bonds is 10. The van der Waals surface area contributed by atoms with Crippen LogP contribution >= 0.6 is 0 Å². The summed E-state index contributed by atoms with van der Waals surface area (Å²) in [4.78, 5) is 23.7. The molecule has 0 radical (unpaired) electrons. The summed E-state index contributed by atoms with van der Waals surface area (Å²) in [6.07, 6.45) is 4.24. The number of halogens is 1. The summed E-state index contributed by atoms with van der Waals surface area (Å²) in [7, 11) is -4.24. The Labute approximate surface area is 230 Å². The first-order valence-corrected chi connectivity index (χ1v) is 14.3. The van der Waals surface area contributed by atoms with Gasteiger partial charge in [0.15, 0.2) is 11.5 Å². The van der Waals surface area contributed by atoms with Gasteiger partial charge in [-0.2, -0.15) is 0 Å². The minimum absolute atomic E-state index is 0.0560. The predicted octanol–water partition coefficient (Wildman–Crippen LogP) is 4.37. The minimum atomic E-state index is -4.24. The number of sulfonamides is 1. The van der Waals surface area contributed by atoms with Gasteiger partial charge in [0.2, 0.25) is 0 Å². The first kappa shape index (κ1) is 27.3. The third kappa shape index (κ3) is 5.96. The molecule has 0 spiro atoms. The molecule has 0 unspecified atom stereocenters. The second kappa shape index (κ2) is 10.7. The van der Waals surface area contributed by atoms with Crippen molar-refractivity contribution in [2.45, 2.75) is 55.4 Å². The monoisotopic (exact) mass is 568 g/mol. The van der Waals surface area contributed by atoms with Crippen molar-refractivity contribution >= 4 is 39.0 Å². The van der Waals surface area contributed by atoms with Crippen molar-refractivity contribution in [2.24, 2.45) is 0 Å². The van der Waals surface area contributed by atoms with Crippen LogP contribution in [-0.4, -0.2) is 31.4 Å². The van der Waals surface area contributed by atoms with Crippen LogP contribution in [0.15, 0.2) is 53.4 Å². The predicted molar refractivity (Wildman–Crippen MR) is 147 cm³/mol.